The average molecular weight is 269 g/mol. The average Bonchev–Trinajstić information content (AvgIpc) is 2.46. The standard InChI is InChI=1S/C16H15NO3/c1-10-3-2-4-12(17)15(10)16(18)11-5-6-13-14(9-11)20-8-7-19-13/h2-6,9H,7-8,17H2,1H3. The zero-order chi connectivity index (χ0) is 14.1. The summed E-state index contributed by atoms with van der Waals surface area (Å²) in [5.74, 6) is 1.18. The first kappa shape index (κ1) is 12.5. The number of aryl methyl sites for hydroxylation is 1. The molecule has 1 aliphatic heterocycles. The van der Waals surface area contributed by atoms with Crippen LogP contribution in [0.5, 0.6) is 11.5 Å². The van der Waals surface area contributed by atoms with Gasteiger partial charge in [-0.1, -0.05) is 12.1 Å². The van der Waals surface area contributed by atoms with Crippen molar-refractivity contribution < 1.29 is 14.3 Å². The predicted molar refractivity (Wildman–Crippen MR) is 76.5 cm³/mol. The number of hydrogen-bond donors (Lipinski definition) is 1. The molecule has 0 aliphatic carbocycles. The Labute approximate surface area is 117 Å². The number of fused-ring (bicyclic) bond motifs is 1. The van der Waals surface area contributed by atoms with Gasteiger partial charge in [-0.25, -0.2) is 0 Å². The predicted octanol–water partition coefficient (Wildman–Crippen LogP) is 2.58. The van der Waals surface area contributed by atoms with E-state index in [1.807, 2.05) is 19.1 Å². The summed E-state index contributed by atoms with van der Waals surface area (Å²) in [5, 5.41) is 0. The Morgan fingerprint density at radius 1 is 1.10 bits per heavy atom. The molecule has 0 spiro atoms. The second-order valence-corrected chi connectivity index (χ2v) is 4.73. The Bertz CT molecular complexity index is 659. The maximum Gasteiger partial charge on any atom is 0.195 e. The van der Waals surface area contributed by atoms with Crippen molar-refractivity contribution in [3.05, 3.63) is 53.1 Å². The molecule has 2 aromatic carbocycles. The number of nitrogen functional groups attached to an aromatic ring is 1. The van der Waals surface area contributed by atoms with Gasteiger partial charge in [0.1, 0.15) is 13.2 Å². The Morgan fingerprint density at radius 3 is 2.60 bits per heavy atom. The van der Waals surface area contributed by atoms with Crippen LogP contribution in [0, 0.1) is 6.92 Å². The fraction of sp³-hybridized carbons (Fsp3) is 0.188. The number of carbonyl (C=O) groups excluding carboxylic acids is 1. The SMILES string of the molecule is Cc1cccc(N)c1C(=O)c1ccc2c(c1)OCCO2. The minimum Gasteiger partial charge on any atom is -0.486 e. The molecule has 0 amide bonds. The van der Waals surface area contributed by atoms with E-state index in [2.05, 4.69) is 0 Å². The van der Waals surface area contributed by atoms with Gasteiger partial charge in [-0.05, 0) is 36.8 Å². The quantitative estimate of drug-likeness (QED) is 0.672. The monoisotopic (exact) mass is 269 g/mol. The van der Waals surface area contributed by atoms with Gasteiger partial charge < -0.3 is 15.2 Å². The van der Waals surface area contributed by atoms with Crippen LogP contribution in [-0.4, -0.2) is 19.0 Å². The van der Waals surface area contributed by atoms with Crippen LogP contribution in [0.1, 0.15) is 21.5 Å². The molecule has 0 fully saturated rings. The Morgan fingerprint density at radius 2 is 1.85 bits per heavy atom. The Balaban J connectivity index is 2.03. The third-order valence-electron chi connectivity index (χ3n) is 3.34. The van der Waals surface area contributed by atoms with Crippen LogP contribution in [0.25, 0.3) is 0 Å². The zero-order valence-corrected chi connectivity index (χ0v) is 11.2. The van der Waals surface area contributed by atoms with E-state index in [4.69, 9.17) is 15.2 Å². The highest BCUT2D eigenvalue weighted by molar-refractivity contribution is 6.13. The van der Waals surface area contributed by atoms with Crippen LogP contribution in [0.3, 0.4) is 0 Å². The maximum atomic E-state index is 12.6. The van der Waals surface area contributed by atoms with Gasteiger partial charge in [-0.3, -0.25) is 4.79 Å². The smallest absolute Gasteiger partial charge is 0.195 e. The minimum atomic E-state index is -0.0995. The van der Waals surface area contributed by atoms with E-state index in [-0.39, 0.29) is 5.78 Å². The number of hydrogen-bond acceptors (Lipinski definition) is 4. The molecule has 2 N–H and O–H groups in total. The van der Waals surface area contributed by atoms with E-state index < -0.39 is 0 Å². The Hall–Kier alpha value is -2.49. The molecule has 102 valence electrons. The lowest BCUT2D eigenvalue weighted by atomic mass is 9.97. The normalized spacial score (nSPS) is 13.1. The molecule has 0 unspecified atom stereocenters. The Kier molecular flexibility index (Phi) is 3.06. The summed E-state index contributed by atoms with van der Waals surface area (Å²) in [6.07, 6.45) is 0. The highest BCUT2D eigenvalue weighted by Gasteiger charge is 2.18. The first-order valence-corrected chi connectivity index (χ1v) is 6.46. The summed E-state index contributed by atoms with van der Waals surface area (Å²) in [6.45, 7) is 2.91. The fourth-order valence-electron chi connectivity index (χ4n) is 2.33. The largest absolute Gasteiger partial charge is 0.486 e. The molecule has 4 heteroatoms. The van der Waals surface area contributed by atoms with Crippen LogP contribution in [0.2, 0.25) is 0 Å². The van der Waals surface area contributed by atoms with Crippen molar-refractivity contribution in [2.24, 2.45) is 0 Å². The number of rotatable bonds is 2. The molecule has 20 heavy (non-hydrogen) atoms. The molecule has 0 atom stereocenters. The molecule has 1 aliphatic rings. The lowest BCUT2D eigenvalue weighted by Gasteiger charge is -2.19. The van der Waals surface area contributed by atoms with Crippen molar-refractivity contribution in [3.63, 3.8) is 0 Å². The van der Waals surface area contributed by atoms with E-state index in [0.29, 0.717) is 41.5 Å². The van der Waals surface area contributed by atoms with Crippen molar-refractivity contribution >= 4 is 11.5 Å². The van der Waals surface area contributed by atoms with Crippen molar-refractivity contribution in [3.8, 4) is 11.5 Å². The van der Waals surface area contributed by atoms with Gasteiger partial charge in [0, 0.05) is 16.8 Å². The van der Waals surface area contributed by atoms with Gasteiger partial charge in [0.15, 0.2) is 17.3 Å². The second-order valence-electron chi connectivity index (χ2n) is 4.73. The number of anilines is 1. The number of carbonyl (C=O) groups is 1. The topological polar surface area (TPSA) is 61.6 Å². The van der Waals surface area contributed by atoms with Crippen LogP contribution < -0.4 is 15.2 Å². The van der Waals surface area contributed by atoms with Crippen molar-refractivity contribution in [2.45, 2.75) is 6.92 Å². The number of ether oxygens (including phenoxy) is 2. The molecule has 0 saturated carbocycles. The molecule has 3 rings (SSSR count). The summed E-state index contributed by atoms with van der Waals surface area (Å²) in [6, 6.07) is 10.7. The summed E-state index contributed by atoms with van der Waals surface area (Å²) >= 11 is 0. The minimum absolute atomic E-state index is 0.0995. The van der Waals surface area contributed by atoms with Gasteiger partial charge in [0.25, 0.3) is 0 Å². The zero-order valence-electron chi connectivity index (χ0n) is 11.2. The summed E-state index contributed by atoms with van der Waals surface area (Å²) < 4.78 is 11.0. The first-order valence-electron chi connectivity index (χ1n) is 6.46. The van der Waals surface area contributed by atoms with Gasteiger partial charge in [-0.2, -0.15) is 0 Å². The number of ketones is 1. The van der Waals surface area contributed by atoms with Crippen molar-refractivity contribution in [1.29, 1.82) is 0 Å². The number of benzene rings is 2. The molecular formula is C16H15NO3. The third kappa shape index (κ3) is 2.09. The van der Waals surface area contributed by atoms with Crippen LogP contribution >= 0.6 is 0 Å². The molecule has 4 nitrogen and oxygen atoms in total. The molecule has 0 radical (unpaired) electrons. The lowest BCUT2D eigenvalue weighted by molar-refractivity contribution is 0.103. The molecule has 0 bridgehead atoms. The van der Waals surface area contributed by atoms with Crippen LogP contribution in [-0.2, 0) is 0 Å². The molecular weight excluding hydrogens is 254 g/mol. The third-order valence-corrected chi connectivity index (χ3v) is 3.34. The highest BCUT2D eigenvalue weighted by Crippen LogP contribution is 2.32. The van der Waals surface area contributed by atoms with Crippen LogP contribution in [0.4, 0.5) is 5.69 Å². The maximum absolute atomic E-state index is 12.6. The van der Waals surface area contributed by atoms with E-state index >= 15 is 0 Å². The van der Waals surface area contributed by atoms with E-state index in [1.54, 1.807) is 24.3 Å². The van der Waals surface area contributed by atoms with Crippen molar-refractivity contribution in [2.75, 3.05) is 18.9 Å². The summed E-state index contributed by atoms with van der Waals surface area (Å²) in [7, 11) is 0. The first-order chi connectivity index (χ1) is 9.66. The van der Waals surface area contributed by atoms with Crippen molar-refractivity contribution in [1.82, 2.24) is 0 Å². The van der Waals surface area contributed by atoms with Gasteiger partial charge >= 0.3 is 0 Å². The molecule has 0 aromatic heterocycles. The lowest BCUT2D eigenvalue weighted by Crippen LogP contribution is -2.16. The summed E-state index contributed by atoms with van der Waals surface area (Å²) in [4.78, 5) is 12.6. The number of nitrogens with two attached hydrogens (primary N) is 1. The molecule has 1 heterocycles. The molecule has 0 saturated heterocycles. The second kappa shape index (κ2) is 4.89. The highest BCUT2D eigenvalue weighted by atomic mass is 16.6. The van der Waals surface area contributed by atoms with Gasteiger partial charge in [-0.15, -0.1) is 0 Å². The van der Waals surface area contributed by atoms with Gasteiger partial charge in [0.05, 0.1) is 0 Å². The van der Waals surface area contributed by atoms with E-state index in [0.717, 1.165) is 5.56 Å². The van der Waals surface area contributed by atoms with E-state index in [1.165, 1.54) is 0 Å². The van der Waals surface area contributed by atoms with Crippen LogP contribution in [0.15, 0.2) is 36.4 Å². The molecule has 2 aromatic rings. The van der Waals surface area contributed by atoms with E-state index in [9.17, 15) is 4.79 Å². The fourth-order valence-corrected chi connectivity index (χ4v) is 2.33. The summed E-state index contributed by atoms with van der Waals surface area (Å²) in [5.41, 5.74) is 8.37. The van der Waals surface area contributed by atoms with Gasteiger partial charge in [0.2, 0.25) is 0 Å².